The highest BCUT2D eigenvalue weighted by molar-refractivity contribution is 8.13. The lowest BCUT2D eigenvalue weighted by Gasteiger charge is -2.09. The molecule has 7 nitrogen and oxygen atoms in total. The van der Waals surface area contributed by atoms with Crippen LogP contribution in [0.4, 0.5) is 5.82 Å². The quantitative estimate of drug-likeness (QED) is 0.711. The van der Waals surface area contributed by atoms with Gasteiger partial charge in [-0.2, -0.15) is 4.98 Å². The zero-order valence-corrected chi connectivity index (χ0v) is 14.4. The van der Waals surface area contributed by atoms with Crippen LogP contribution < -0.4 is 5.73 Å². The van der Waals surface area contributed by atoms with Gasteiger partial charge in [-0.25, -0.2) is 13.4 Å². The van der Waals surface area contributed by atoms with E-state index in [1.54, 1.807) is 25.3 Å². The monoisotopic (exact) mass is 364 g/mol. The van der Waals surface area contributed by atoms with Crippen LogP contribution in [0, 0.1) is 13.8 Å². The van der Waals surface area contributed by atoms with Crippen molar-refractivity contribution in [3.05, 3.63) is 41.9 Å². The lowest BCUT2D eigenvalue weighted by molar-refractivity contribution is 0.425. The van der Waals surface area contributed by atoms with E-state index < -0.39 is 9.05 Å². The predicted octanol–water partition coefficient (Wildman–Crippen LogP) is 2.93. The number of anilines is 1. The molecule has 0 unspecified atom stereocenters. The first kappa shape index (κ1) is 16.4. The highest BCUT2D eigenvalue weighted by Gasteiger charge is 2.16. The number of benzene rings is 1. The van der Waals surface area contributed by atoms with Gasteiger partial charge in [0.05, 0.1) is 10.5 Å². The molecule has 0 spiro atoms. The minimum absolute atomic E-state index is 0.0109. The maximum Gasteiger partial charge on any atom is 0.261 e. The molecule has 0 saturated heterocycles. The van der Waals surface area contributed by atoms with Gasteiger partial charge in [0.25, 0.3) is 14.9 Å². The summed E-state index contributed by atoms with van der Waals surface area (Å²) in [7, 11) is 1.60. The van der Waals surface area contributed by atoms with Crippen LogP contribution in [0.25, 0.3) is 22.6 Å². The molecule has 0 radical (unpaired) electrons. The third kappa shape index (κ3) is 3.10. The second-order valence-electron chi connectivity index (χ2n) is 5.22. The van der Waals surface area contributed by atoms with Crippen LogP contribution in [0.3, 0.4) is 0 Å². The van der Waals surface area contributed by atoms with E-state index in [4.69, 9.17) is 20.9 Å². The fraction of sp³-hybridized carbons (Fsp3) is 0.133. The summed E-state index contributed by atoms with van der Waals surface area (Å²) in [6, 6.07) is 6.35. The summed E-state index contributed by atoms with van der Waals surface area (Å²) in [4.78, 5) is 8.29. The van der Waals surface area contributed by atoms with Crippen molar-refractivity contribution in [3.63, 3.8) is 0 Å². The fourth-order valence-corrected chi connectivity index (χ4v) is 3.04. The lowest BCUT2D eigenvalue weighted by atomic mass is 10.0. The maximum atomic E-state index is 11.6. The molecule has 9 heteroatoms. The highest BCUT2D eigenvalue weighted by atomic mass is 35.7. The minimum Gasteiger partial charge on any atom is -0.383 e. The standard InChI is InChI=1S/C15H13ClN4O3S/c1-8-3-4-11(24(16,21)22)6-12(8)10-5-13(14(17)18-7-10)15-19-9(2)20-23-15/h3-7H,1-2H3,(H2,17,18). The Morgan fingerprint density at radius 3 is 2.54 bits per heavy atom. The van der Waals surface area contributed by atoms with Gasteiger partial charge in [-0.15, -0.1) is 0 Å². The number of rotatable bonds is 3. The van der Waals surface area contributed by atoms with Gasteiger partial charge in [-0.3, -0.25) is 0 Å². The van der Waals surface area contributed by atoms with Gasteiger partial charge in [0.15, 0.2) is 5.82 Å². The number of aryl methyl sites for hydroxylation is 2. The summed E-state index contributed by atoms with van der Waals surface area (Å²) in [5.41, 5.74) is 8.56. The molecular weight excluding hydrogens is 352 g/mol. The normalized spacial score (nSPS) is 11.6. The maximum absolute atomic E-state index is 11.6. The van der Waals surface area contributed by atoms with E-state index in [1.807, 2.05) is 6.92 Å². The van der Waals surface area contributed by atoms with Gasteiger partial charge < -0.3 is 10.3 Å². The summed E-state index contributed by atoms with van der Waals surface area (Å²) in [6.45, 7) is 3.55. The fourth-order valence-electron chi connectivity index (χ4n) is 2.26. The number of nitrogen functional groups attached to an aromatic ring is 1. The molecule has 0 saturated carbocycles. The van der Waals surface area contributed by atoms with Crippen LogP contribution in [-0.4, -0.2) is 23.5 Å². The molecule has 0 amide bonds. The van der Waals surface area contributed by atoms with E-state index in [0.717, 1.165) is 5.56 Å². The summed E-state index contributed by atoms with van der Waals surface area (Å²) < 4.78 is 28.3. The third-order valence-electron chi connectivity index (χ3n) is 3.48. The Bertz CT molecular complexity index is 1030. The average Bonchev–Trinajstić information content (AvgIpc) is 2.93. The first-order chi connectivity index (χ1) is 11.3. The third-order valence-corrected chi connectivity index (χ3v) is 4.83. The van der Waals surface area contributed by atoms with Crippen LogP contribution >= 0.6 is 10.7 Å². The average molecular weight is 365 g/mol. The van der Waals surface area contributed by atoms with Crippen LogP contribution in [0.15, 0.2) is 39.9 Å². The molecular formula is C15H13ClN4O3S. The van der Waals surface area contributed by atoms with Crippen LogP contribution in [0.5, 0.6) is 0 Å². The van der Waals surface area contributed by atoms with Crippen molar-refractivity contribution in [3.8, 4) is 22.6 Å². The van der Waals surface area contributed by atoms with Crippen molar-refractivity contribution in [2.75, 3.05) is 5.73 Å². The largest absolute Gasteiger partial charge is 0.383 e. The van der Waals surface area contributed by atoms with E-state index >= 15 is 0 Å². The molecule has 3 rings (SSSR count). The van der Waals surface area contributed by atoms with Crippen molar-refractivity contribution >= 4 is 25.6 Å². The minimum atomic E-state index is -3.83. The Labute approximate surface area is 142 Å². The number of nitrogens with zero attached hydrogens (tertiary/aromatic N) is 3. The Kier molecular flexibility index (Phi) is 4.02. The lowest BCUT2D eigenvalue weighted by Crippen LogP contribution is -1.97. The van der Waals surface area contributed by atoms with Crippen molar-refractivity contribution in [2.45, 2.75) is 18.7 Å². The van der Waals surface area contributed by atoms with Crippen LogP contribution in [0.1, 0.15) is 11.4 Å². The summed E-state index contributed by atoms with van der Waals surface area (Å²) >= 11 is 0. The van der Waals surface area contributed by atoms with E-state index in [-0.39, 0.29) is 16.6 Å². The summed E-state index contributed by atoms with van der Waals surface area (Å²) in [5, 5.41) is 3.73. The molecule has 0 atom stereocenters. The molecule has 24 heavy (non-hydrogen) atoms. The Morgan fingerprint density at radius 2 is 1.92 bits per heavy atom. The number of nitrogens with two attached hydrogens (primary N) is 1. The molecule has 0 fully saturated rings. The molecule has 3 aromatic rings. The van der Waals surface area contributed by atoms with Crippen molar-refractivity contribution in [1.82, 2.24) is 15.1 Å². The molecule has 0 aliphatic heterocycles. The number of aromatic nitrogens is 3. The molecule has 2 N–H and O–H groups in total. The van der Waals surface area contributed by atoms with Gasteiger partial charge in [0.1, 0.15) is 5.82 Å². The second-order valence-corrected chi connectivity index (χ2v) is 7.78. The zero-order valence-electron chi connectivity index (χ0n) is 12.8. The molecule has 2 heterocycles. The van der Waals surface area contributed by atoms with Crippen molar-refractivity contribution < 1.29 is 12.9 Å². The Balaban J connectivity index is 2.17. The topological polar surface area (TPSA) is 112 Å². The Morgan fingerprint density at radius 1 is 1.17 bits per heavy atom. The first-order valence-corrected chi connectivity index (χ1v) is 9.18. The number of halogens is 1. The zero-order chi connectivity index (χ0) is 17.5. The Hall–Kier alpha value is -2.45. The molecule has 124 valence electrons. The molecule has 0 aliphatic rings. The SMILES string of the molecule is Cc1noc(-c2cc(-c3cc(S(=O)(=O)Cl)ccc3C)cnc2N)n1. The van der Waals surface area contributed by atoms with Gasteiger partial charge in [-0.1, -0.05) is 11.2 Å². The van der Waals surface area contributed by atoms with Crippen molar-refractivity contribution in [2.24, 2.45) is 0 Å². The summed E-state index contributed by atoms with van der Waals surface area (Å²) in [6.07, 6.45) is 1.55. The summed E-state index contributed by atoms with van der Waals surface area (Å²) in [5.74, 6) is 0.959. The smallest absolute Gasteiger partial charge is 0.261 e. The number of hydrogen-bond acceptors (Lipinski definition) is 7. The second kappa shape index (κ2) is 5.88. The van der Waals surface area contributed by atoms with E-state index in [2.05, 4.69) is 15.1 Å². The molecule has 1 aromatic carbocycles. The molecule has 0 aliphatic carbocycles. The number of pyridine rings is 1. The van der Waals surface area contributed by atoms with Gasteiger partial charge in [-0.05, 0) is 43.2 Å². The molecule has 2 aromatic heterocycles. The first-order valence-electron chi connectivity index (χ1n) is 6.87. The molecule has 0 bridgehead atoms. The van der Waals surface area contributed by atoms with Crippen LogP contribution in [0.2, 0.25) is 0 Å². The van der Waals surface area contributed by atoms with Gasteiger partial charge in [0.2, 0.25) is 0 Å². The van der Waals surface area contributed by atoms with E-state index in [0.29, 0.717) is 22.5 Å². The van der Waals surface area contributed by atoms with E-state index in [9.17, 15) is 8.42 Å². The van der Waals surface area contributed by atoms with Crippen molar-refractivity contribution in [1.29, 1.82) is 0 Å². The predicted molar refractivity (Wildman–Crippen MR) is 89.9 cm³/mol. The van der Waals surface area contributed by atoms with Gasteiger partial charge in [0, 0.05) is 22.4 Å². The highest BCUT2D eigenvalue weighted by Crippen LogP contribution is 2.32. The van der Waals surface area contributed by atoms with Crippen LogP contribution in [-0.2, 0) is 9.05 Å². The van der Waals surface area contributed by atoms with E-state index in [1.165, 1.54) is 12.1 Å². The van der Waals surface area contributed by atoms with Gasteiger partial charge >= 0.3 is 0 Å². The number of hydrogen-bond donors (Lipinski definition) is 1.